The first-order chi connectivity index (χ1) is 7.29. The molecule has 0 amide bonds. The maximum absolute atomic E-state index is 10.8. The molecule has 6 heteroatoms. The predicted molar refractivity (Wildman–Crippen MR) is 60.6 cm³/mol. The van der Waals surface area contributed by atoms with Gasteiger partial charge in [-0.2, -0.15) is 5.90 Å². The molecule has 1 heterocycles. The lowest BCUT2D eigenvalue weighted by Crippen LogP contribution is -2.11. The summed E-state index contributed by atoms with van der Waals surface area (Å²) in [5.41, 5.74) is 0.950. The molecule has 0 saturated heterocycles. The Hall–Kier alpha value is -1.11. The van der Waals surface area contributed by atoms with Crippen LogP contribution >= 0.6 is 23.1 Å². The van der Waals surface area contributed by atoms with Crippen LogP contribution in [0.15, 0.2) is 28.6 Å². The average molecular weight is 240 g/mol. The highest BCUT2D eigenvalue weighted by atomic mass is 32.2. The number of thioether (sulfide) groups is 1. The summed E-state index contributed by atoms with van der Waals surface area (Å²) in [5.74, 6) is 4.48. The van der Waals surface area contributed by atoms with Crippen molar-refractivity contribution in [3.05, 3.63) is 24.3 Å². The molecule has 0 aliphatic rings. The fraction of sp³-hybridized carbons (Fsp3) is 0.111. The molecular formula is C9H8N2O2S2. The number of nitrogens with zero attached hydrogens (tertiary/aromatic N) is 1. The number of nitrogens with two attached hydrogens (primary N) is 1. The van der Waals surface area contributed by atoms with E-state index >= 15 is 0 Å². The molecule has 0 fully saturated rings. The molecule has 15 heavy (non-hydrogen) atoms. The normalized spacial score (nSPS) is 10.5. The smallest absolute Gasteiger partial charge is 0.334 e. The predicted octanol–water partition coefficient (Wildman–Crippen LogP) is 1.81. The van der Waals surface area contributed by atoms with Crippen molar-refractivity contribution in [2.24, 2.45) is 5.90 Å². The van der Waals surface area contributed by atoms with E-state index in [2.05, 4.69) is 9.82 Å². The molecule has 0 spiro atoms. The maximum Gasteiger partial charge on any atom is 0.334 e. The van der Waals surface area contributed by atoms with E-state index in [1.807, 2.05) is 24.3 Å². The van der Waals surface area contributed by atoms with Crippen LogP contribution in [0.5, 0.6) is 0 Å². The summed E-state index contributed by atoms with van der Waals surface area (Å²) in [4.78, 5) is 19.2. The molecule has 0 aliphatic heterocycles. The highest BCUT2D eigenvalue weighted by Crippen LogP contribution is 2.28. The summed E-state index contributed by atoms with van der Waals surface area (Å²) in [7, 11) is 0. The highest BCUT2D eigenvalue weighted by molar-refractivity contribution is 8.01. The largest absolute Gasteiger partial charge is 0.373 e. The summed E-state index contributed by atoms with van der Waals surface area (Å²) in [6, 6.07) is 7.84. The Balaban J connectivity index is 2.12. The summed E-state index contributed by atoms with van der Waals surface area (Å²) >= 11 is 2.88. The lowest BCUT2D eigenvalue weighted by atomic mass is 10.3. The van der Waals surface area contributed by atoms with Crippen molar-refractivity contribution < 1.29 is 9.63 Å². The number of carbonyl (C=O) groups is 1. The van der Waals surface area contributed by atoms with Crippen molar-refractivity contribution in [2.45, 2.75) is 4.34 Å². The number of carbonyl (C=O) groups excluding carboxylic acids is 1. The first-order valence-corrected chi connectivity index (χ1v) is 5.98. The van der Waals surface area contributed by atoms with Gasteiger partial charge in [-0.05, 0) is 12.1 Å². The number of benzene rings is 1. The molecule has 0 atom stereocenters. The van der Waals surface area contributed by atoms with Crippen molar-refractivity contribution in [3.63, 3.8) is 0 Å². The van der Waals surface area contributed by atoms with Crippen molar-refractivity contribution in [1.82, 2.24) is 4.98 Å². The molecule has 2 rings (SSSR count). The van der Waals surface area contributed by atoms with Crippen LogP contribution in [0.2, 0.25) is 0 Å². The zero-order valence-corrected chi connectivity index (χ0v) is 9.31. The van der Waals surface area contributed by atoms with Crippen LogP contribution in [-0.2, 0) is 9.63 Å². The molecule has 0 bridgehead atoms. The van der Waals surface area contributed by atoms with E-state index in [1.165, 1.54) is 11.8 Å². The van der Waals surface area contributed by atoms with Crippen LogP contribution in [0, 0.1) is 0 Å². The summed E-state index contributed by atoms with van der Waals surface area (Å²) < 4.78 is 1.96. The second-order valence-corrected chi connectivity index (χ2v) is 4.98. The molecule has 0 radical (unpaired) electrons. The van der Waals surface area contributed by atoms with Gasteiger partial charge in [-0.3, -0.25) is 0 Å². The van der Waals surface area contributed by atoms with Crippen LogP contribution in [0.4, 0.5) is 0 Å². The first kappa shape index (κ1) is 10.4. The lowest BCUT2D eigenvalue weighted by molar-refractivity contribution is -0.140. The van der Waals surface area contributed by atoms with Gasteiger partial charge in [0.15, 0.2) is 4.34 Å². The fourth-order valence-corrected chi connectivity index (χ4v) is 2.92. The summed E-state index contributed by atoms with van der Waals surface area (Å²) in [6.45, 7) is 0. The minimum Gasteiger partial charge on any atom is -0.373 e. The number of para-hydroxylation sites is 1. The highest BCUT2D eigenvalue weighted by Gasteiger charge is 2.07. The Labute approximate surface area is 94.4 Å². The van der Waals surface area contributed by atoms with Crippen LogP contribution in [0.3, 0.4) is 0 Å². The van der Waals surface area contributed by atoms with E-state index in [0.29, 0.717) is 0 Å². The molecule has 0 aliphatic carbocycles. The van der Waals surface area contributed by atoms with E-state index in [0.717, 1.165) is 14.6 Å². The molecule has 4 nitrogen and oxygen atoms in total. The zero-order valence-electron chi connectivity index (χ0n) is 7.67. The molecular weight excluding hydrogens is 232 g/mol. The maximum atomic E-state index is 10.8. The monoisotopic (exact) mass is 240 g/mol. The van der Waals surface area contributed by atoms with Crippen molar-refractivity contribution >= 4 is 39.3 Å². The van der Waals surface area contributed by atoms with Crippen LogP contribution in [0.1, 0.15) is 0 Å². The van der Waals surface area contributed by atoms with Gasteiger partial charge in [-0.1, -0.05) is 23.9 Å². The minimum absolute atomic E-state index is 0.191. The number of thiazole rings is 1. The van der Waals surface area contributed by atoms with Gasteiger partial charge < -0.3 is 4.84 Å². The number of fused-ring (bicyclic) bond motifs is 1. The van der Waals surface area contributed by atoms with Gasteiger partial charge in [0.1, 0.15) is 5.75 Å². The van der Waals surface area contributed by atoms with Crippen LogP contribution < -0.4 is 5.90 Å². The van der Waals surface area contributed by atoms with E-state index < -0.39 is 5.97 Å². The lowest BCUT2D eigenvalue weighted by Gasteiger charge is -1.93. The zero-order chi connectivity index (χ0) is 10.7. The second-order valence-electron chi connectivity index (χ2n) is 2.73. The molecule has 2 aromatic rings. The van der Waals surface area contributed by atoms with Gasteiger partial charge in [0.25, 0.3) is 0 Å². The Kier molecular flexibility index (Phi) is 3.20. The molecule has 1 aromatic heterocycles. The van der Waals surface area contributed by atoms with Crippen LogP contribution in [-0.4, -0.2) is 16.7 Å². The summed E-state index contributed by atoms with van der Waals surface area (Å²) in [5, 5.41) is 0. The Morgan fingerprint density at radius 2 is 2.33 bits per heavy atom. The fourth-order valence-electron chi connectivity index (χ4n) is 1.07. The first-order valence-electron chi connectivity index (χ1n) is 4.17. The van der Waals surface area contributed by atoms with Gasteiger partial charge in [-0.15, -0.1) is 11.3 Å². The molecule has 0 saturated carbocycles. The minimum atomic E-state index is -0.445. The van der Waals surface area contributed by atoms with E-state index in [4.69, 9.17) is 5.90 Å². The standard InChI is InChI=1S/C9H8N2O2S2/c10-13-8(12)5-14-9-11-6-3-1-2-4-7(6)15-9/h1-4H,5,10H2. The Morgan fingerprint density at radius 1 is 1.53 bits per heavy atom. The van der Waals surface area contributed by atoms with Gasteiger partial charge >= 0.3 is 5.97 Å². The van der Waals surface area contributed by atoms with E-state index in [1.54, 1.807) is 11.3 Å². The van der Waals surface area contributed by atoms with Crippen molar-refractivity contribution in [1.29, 1.82) is 0 Å². The van der Waals surface area contributed by atoms with E-state index in [9.17, 15) is 4.79 Å². The average Bonchev–Trinajstić information content (AvgIpc) is 2.68. The number of aromatic nitrogens is 1. The van der Waals surface area contributed by atoms with Crippen molar-refractivity contribution in [2.75, 3.05) is 5.75 Å². The van der Waals surface area contributed by atoms with Gasteiger partial charge in [0.05, 0.1) is 10.2 Å². The topological polar surface area (TPSA) is 65.2 Å². The van der Waals surface area contributed by atoms with E-state index in [-0.39, 0.29) is 5.75 Å². The second kappa shape index (κ2) is 4.61. The molecule has 78 valence electrons. The quantitative estimate of drug-likeness (QED) is 0.654. The summed E-state index contributed by atoms with van der Waals surface area (Å²) in [6.07, 6.45) is 0. The Bertz CT molecular complexity index is 451. The molecule has 2 N–H and O–H groups in total. The van der Waals surface area contributed by atoms with Gasteiger partial charge in [0, 0.05) is 0 Å². The molecule has 1 aromatic carbocycles. The van der Waals surface area contributed by atoms with Crippen LogP contribution in [0.25, 0.3) is 10.2 Å². The Morgan fingerprint density at radius 3 is 3.07 bits per heavy atom. The SMILES string of the molecule is NOC(=O)CSc1nc2ccccc2s1. The van der Waals surface area contributed by atoms with Crippen molar-refractivity contribution in [3.8, 4) is 0 Å². The van der Waals surface area contributed by atoms with Gasteiger partial charge in [-0.25, -0.2) is 9.78 Å². The third kappa shape index (κ3) is 2.47. The number of hydrogen-bond donors (Lipinski definition) is 1. The molecule has 0 unspecified atom stereocenters. The van der Waals surface area contributed by atoms with Gasteiger partial charge in [0.2, 0.25) is 0 Å². The third-order valence-corrected chi connectivity index (χ3v) is 3.87. The third-order valence-electron chi connectivity index (χ3n) is 1.72. The number of hydrogen-bond acceptors (Lipinski definition) is 6. The number of rotatable bonds is 3.